The number of benzene rings is 2. The first-order valence-corrected chi connectivity index (χ1v) is 9.78. The Morgan fingerprint density at radius 1 is 0.767 bits per heavy atom. The van der Waals surface area contributed by atoms with Gasteiger partial charge in [-0.25, -0.2) is 0 Å². The highest BCUT2D eigenvalue weighted by Crippen LogP contribution is 2.22. The first-order chi connectivity index (χ1) is 14.6. The number of hydrogen-bond acceptors (Lipinski definition) is 3. The van der Waals surface area contributed by atoms with Gasteiger partial charge in [0, 0.05) is 23.5 Å². The summed E-state index contributed by atoms with van der Waals surface area (Å²) in [7, 11) is 0. The first kappa shape index (κ1) is 18.1. The van der Waals surface area contributed by atoms with Crippen LogP contribution in [0.15, 0.2) is 94.8 Å². The molecule has 0 atom stereocenters. The summed E-state index contributed by atoms with van der Waals surface area (Å²) < 4.78 is 3.26. The van der Waals surface area contributed by atoms with E-state index in [2.05, 4.69) is 4.98 Å². The summed E-state index contributed by atoms with van der Waals surface area (Å²) in [6, 6.07) is 23.0. The van der Waals surface area contributed by atoms with Gasteiger partial charge in [-0.15, -0.1) is 0 Å². The second-order valence-corrected chi connectivity index (χ2v) is 7.31. The van der Waals surface area contributed by atoms with Crippen molar-refractivity contribution in [3.63, 3.8) is 0 Å². The van der Waals surface area contributed by atoms with Crippen molar-refractivity contribution in [3.05, 3.63) is 117 Å². The lowest BCUT2D eigenvalue weighted by molar-refractivity contribution is 0.768. The molecule has 0 saturated carbocycles. The molecule has 0 bridgehead atoms. The molecular weight excluding hydrogens is 374 g/mol. The molecular formula is C25H19N3O2. The number of para-hydroxylation sites is 1. The van der Waals surface area contributed by atoms with Crippen LogP contribution in [0.5, 0.6) is 0 Å². The van der Waals surface area contributed by atoms with Crippen molar-refractivity contribution in [1.82, 2.24) is 14.1 Å². The van der Waals surface area contributed by atoms with E-state index in [0.29, 0.717) is 33.9 Å². The van der Waals surface area contributed by atoms with Crippen LogP contribution < -0.4 is 11.1 Å². The molecule has 146 valence electrons. The van der Waals surface area contributed by atoms with Crippen LogP contribution in [0.25, 0.3) is 27.4 Å². The predicted octanol–water partition coefficient (Wildman–Crippen LogP) is 4.06. The number of aromatic nitrogens is 3. The molecule has 5 heteroatoms. The van der Waals surface area contributed by atoms with E-state index < -0.39 is 0 Å². The Morgan fingerprint density at radius 2 is 1.47 bits per heavy atom. The molecule has 0 aliphatic rings. The number of aryl methyl sites for hydroxylation is 1. The van der Waals surface area contributed by atoms with Crippen LogP contribution in [0, 0.1) is 6.92 Å². The zero-order valence-corrected chi connectivity index (χ0v) is 16.4. The van der Waals surface area contributed by atoms with E-state index in [1.54, 1.807) is 21.5 Å². The van der Waals surface area contributed by atoms with Crippen molar-refractivity contribution >= 4 is 21.7 Å². The lowest BCUT2D eigenvalue weighted by atomic mass is 10.1. The zero-order chi connectivity index (χ0) is 20.7. The van der Waals surface area contributed by atoms with Crippen LogP contribution in [0.4, 0.5) is 0 Å². The van der Waals surface area contributed by atoms with Crippen molar-refractivity contribution in [2.45, 2.75) is 13.5 Å². The standard InChI is InChI=1S/C25H19N3O2/c1-17-22-20(12-15-28(25(22)30)19-10-6-3-7-11-19)23-21(26-17)13-14-27(24(23)29)16-18-8-4-2-5-9-18/h2-15H,16H2,1H3. The van der Waals surface area contributed by atoms with E-state index in [4.69, 9.17) is 0 Å². The van der Waals surface area contributed by atoms with Crippen LogP contribution in [0.3, 0.4) is 0 Å². The van der Waals surface area contributed by atoms with Gasteiger partial charge in [0.05, 0.1) is 28.5 Å². The van der Waals surface area contributed by atoms with Crippen LogP contribution >= 0.6 is 0 Å². The fraction of sp³-hybridized carbons (Fsp3) is 0.0800. The molecule has 5 aromatic rings. The second kappa shape index (κ2) is 7.12. The Morgan fingerprint density at radius 3 is 2.20 bits per heavy atom. The van der Waals surface area contributed by atoms with Crippen LogP contribution in [-0.2, 0) is 6.54 Å². The van der Waals surface area contributed by atoms with E-state index in [0.717, 1.165) is 11.3 Å². The van der Waals surface area contributed by atoms with Gasteiger partial charge in [-0.2, -0.15) is 0 Å². The van der Waals surface area contributed by atoms with Crippen molar-refractivity contribution in [2.75, 3.05) is 0 Å². The van der Waals surface area contributed by atoms with E-state index in [1.165, 1.54) is 0 Å². The maximum atomic E-state index is 13.3. The minimum Gasteiger partial charge on any atom is -0.310 e. The quantitative estimate of drug-likeness (QED) is 0.435. The Bertz CT molecular complexity index is 1500. The predicted molar refractivity (Wildman–Crippen MR) is 119 cm³/mol. The molecule has 0 aliphatic heterocycles. The molecule has 0 amide bonds. The van der Waals surface area contributed by atoms with Gasteiger partial charge in [0.2, 0.25) is 0 Å². The molecule has 0 aliphatic carbocycles. The van der Waals surface area contributed by atoms with E-state index in [1.807, 2.05) is 79.7 Å². The summed E-state index contributed by atoms with van der Waals surface area (Å²) in [6.45, 7) is 2.28. The molecule has 5 nitrogen and oxygen atoms in total. The highest BCUT2D eigenvalue weighted by atomic mass is 16.1. The highest BCUT2D eigenvalue weighted by molar-refractivity contribution is 6.05. The molecule has 0 N–H and O–H groups in total. The minimum atomic E-state index is -0.177. The van der Waals surface area contributed by atoms with E-state index >= 15 is 0 Å². The molecule has 2 aromatic carbocycles. The van der Waals surface area contributed by atoms with Gasteiger partial charge < -0.3 is 4.57 Å². The van der Waals surface area contributed by atoms with Gasteiger partial charge in [0.25, 0.3) is 11.1 Å². The Labute approximate surface area is 172 Å². The summed E-state index contributed by atoms with van der Waals surface area (Å²) in [5.74, 6) is 0. The zero-order valence-electron chi connectivity index (χ0n) is 16.4. The van der Waals surface area contributed by atoms with Gasteiger partial charge >= 0.3 is 0 Å². The van der Waals surface area contributed by atoms with Crippen molar-refractivity contribution in [3.8, 4) is 5.69 Å². The largest absolute Gasteiger partial charge is 0.310 e. The Kier molecular flexibility index (Phi) is 4.29. The number of nitrogens with zero attached hydrogens (tertiary/aromatic N) is 3. The Balaban J connectivity index is 1.78. The molecule has 0 saturated heterocycles. The molecule has 0 radical (unpaired) electrons. The molecule has 0 spiro atoms. The number of hydrogen-bond donors (Lipinski definition) is 0. The fourth-order valence-electron chi connectivity index (χ4n) is 3.94. The van der Waals surface area contributed by atoms with E-state index in [9.17, 15) is 9.59 Å². The number of pyridine rings is 3. The maximum absolute atomic E-state index is 13.3. The van der Waals surface area contributed by atoms with Crippen LogP contribution in [0.1, 0.15) is 11.3 Å². The lowest BCUT2D eigenvalue weighted by Gasteiger charge is -2.12. The second-order valence-electron chi connectivity index (χ2n) is 7.31. The fourth-order valence-corrected chi connectivity index (χ4v) is 3.94. The topological polar surface area (TPSA) is 56.9 Å². The van der Waals surface area contributed by atoms with Crippen molar-refractivity contribution < 1.29 is 0 Å². The van der Waals surface area contributed by atoms with Gasteiger partial charge in [-0.3, -0.25) is 19.1 Å². The van der Waals surface area contributed by atoms with Gasteiger partial charge in [0.1, 0.15) is 0 Å². The molecule has 3 heterocycles. The van der Waals surface area contributed by atoms with Gasteiger partial charge in [-0.1, -0.05) is 48.5 Å². The average molecular weight is 393 g/mol. The van der Waals surface area contributed by atoms with Crippen LogP contribution in [0.2, 0.25) is 0 Å². The SMILES string of the molecule is Cc1nc2ccn(Cc3ccccc3)c(=O)c2c2ccn(-c3ccccc3)c(=O)c12. The molecule has 0 fully saturated rings. The Hall–Kier alpha value is -3.99. The minimum absolute atomic E-state index is 0.147. The molecule has 5 rings (SSSR count). The highest BCUT2D eigenvalue weighted by Gasteiger charge is 2.15. The third-order valence-electron chi connectivity index (χ3n) is 5.38. The summed E-state index contributed by atoms with van der Waals surface area (Å²) in [5.41, 5.74) is 2.71. The average Bonchev–Trinajstić information content (AvgIpc) is 2.77. The van der Waals surface area contributed by atoms with Gasteiger partial charge in [0.15, 0.2) is 0 Å². The lowest BCUT2D eigenvalue weighted by Crippen LogP contribution is -2.23. The third kappa shape index (κ3) is 2.92. The first-order valence-electron chi connectivity index (χ1n) is 9.78. The number of fused-ring (bicyclic) bond motifs is 3. The summed E-state index contributed by atoms with van der Waals surface area (Å²) in [6.07, 6.45) is 3.49. The maximum Gasteiger partial charge on any atom is 0.264 e. The molecule has 30 heavy (non-hydrogen) atoms. The third-order valence-corrected chi connectivity index (χ3v) is 5.38. The van der Waals surface area contributed by atoms with E-state index in [-0.39, 0.29) is 11.1 Å². The monoisotopic (exact) mass is 393 g/mol. The van der Waals surface area contributed by atoms with Crippen LogP contribution in [-0.4, -0.2) is 14.1 Å². The van der Waals surface area contributed by atoms with Gasteiger partial charge in [-0.05, 0) is 36.8 Å². The molecule has 0 unspecified atom stereocenters. The molecule has 3 aromatic heterocycles. The summed E-state index contributed by atoms with van der Waals surface area (Å²) >= 11 is 0. The van der Waals surface area contributed by atoms with Crippen molar-refractivity contribution in [2.24, 2.45) is 0 Å². The number of rotatable bonds is 3. The smallest absolute Gasteiger partial charge is 0.264 e. The summed E-state index contributed by atoms with van der Waals surface area (Å²) in [5, 5.41) is 1.59. The summed E-state index contributed by atoms with van der Waals surface area (Å²) in [4.78, 5) is 31.2. The van der Waals surface area contributed by atoms with Crippen molar-refractivity contribution in [1.29, 1.82) is 0 Å². The normalized spacial score (nSPS) is 11.2.